The first-order chi connectivity index (χ1) is 20.9. The molecule has 2 N–H and O–H groups in total. The molecular weight excluding hydrogens is 589 g/mol. The van der Waals surface area contributed by atoms with Crippen molar-refractivity contribution in [2.24, 2.45) is 7.05 Å². The number of nitrogens with zero attached hydrogens (tertiary/aromatic N) is 2. The Labute approximate surface area is 247 Å². The highest BCUT2D eigenvalue weighted by Gasteiger charge is 2.36. The Bertz CT molecular complexity index is 1790. The van der Waals surface area contributed by atoms with Gasteiger partial charge in [-0.15, -0.1) is 0 Å². The Hall–Kier alpha value is -4.78. The molecule has 13 heteroatoms. The third-order valence-corrected chi connectivity index (χ3v) is 7.51. The number of pyridine rings is 1. The van der Waals surface area contributed by atoms with Gasteiger partial charge in [-0.3, -0.25) is 9.59 Å². The van der Waals surface area contributed by atoms with E-state index < -0.39 is 58.0 Å². The molecule has 230 valence electrons. The highest BCUT2D eigenvalue weighted by Crippen LogP contribution is 2.38. The molecule has 0 radical (unpaired) electrons. The lowest BCUT2D eigenvalue weighted by Gasteiger charge is -2.29. The van der Waals surface area contributed by atoms with Crippen LogP contribution in [0.25, 0.3) is 21.9 Å². The van der Waals surface area contributed by atoms with Gasteiger partial charge in [-0.1, -0.05) is 36.4 Å². The summed E-state index contributed by atoms with van der Waals surface area (Å²) in [6, 6.07) is 9.96. The molecule has 1 amide bonds. The smallest absolute Gasteiger partial charge is 0.417 e. The van der Waals surface area contributed by atoms with Crippen LogP contribution in [0.1, 0.15) is 21.5 Å². The van der Waals surface area contributed by atoms with E-state index in [0.29, 0.717) is 37.3 Å². The molecule has 8 nitrogen and oxygen atoms in total. The fourth-order valence-electron chi connectivity index (χ4n) is 5.33. The zero-order valence-corrected chi connectivity index (χ0v) is 23.3. The Morgan fingerprint density at radius 3 is 2.27 bits per heavy atom. The third kappa shape index (κ3) is 6.00. The molecule has 1 fully saturated rings. The number of aliphatic carboxylic acids is 1. The number of benzene rings is 3. The second-order valence-corrected chi connectivity index (χ2v) is 10.3. The first-order valence-corrected chi connectivity index (χ1v) is 13.5. The zero-order valence-electron chi connectivity index (χ0n) is 23.3. The minimum absolute atomic E-state index is 0.0155. The number of carboxylic acid groups (broad SMARTS) is 1. The number of fused-ring (bicyclic) bond motifs is 1. The largest absolute Gasteiger partial charge is 0.480 e. The van der Waals surface area contributed by atoms with Crippen LogP contribution in [0.15, 0.2) is 65.6 Å². The van der Waals surface area contributed by atoms with Gasteiger partial charge in [0.1, 0.15) is 23.2 Å². The standard InChI is InChI=1S/C31H26F5N3O5/c1-38-9-8-22(31(34,35)36)26(29(38)41)21-7-3-5-19-17(4-2-6-20(19)21)14-25(30(42)43)37-28(40)27-23(32)15-18(16-24(27)33)39-10-12-44-13-11-39/h2-9,15-16,25H,10-14H2,1H3,(H,37,40)(H,42,43). The van der Waals surface area contributed by atoms with E-state index in [-0.39, 0.29) is 23.1 Å². The van der Waals surface area contributed by atoms with Crippen molar-refractivity contribution < 1.29 is 41.4 Å². The predicted octanol–water partition coefficient (Wildman–Crippen LogP) is 4.76. The molecule has 2 heterocycles. The number of nitrogens with one attached hydrogen (secondary N) is 1. The van der Waals surface area contributed by atoms with Crippen LogP contribution in [0.2, 0.25) is 0 Å². The number of rotatable bonds is 7. The van der Waals surface area contributed by atoms with Crippen LogP contribution in [-0.2, 0) is 29.2 Å². The number of anilines is 1. The minimum atomic E-state index is -4.83. The SMILES string of the molecule is Cn1ccc(C(F)(F)F)c(-c2cccc3c(CC(NC(=O)c4c(F)cc(N5CCOCC5)cc4F)C(=O)O)cccc23)c1=O. The van der Waals surface area contributed by atoms with Gasteiger partial charge in [0.05, 0.1) is 24.3 Å². The Morgan fingerprint density at radius 2 is 1.64 bits per heavy atom. The highest BCUT2D eigenvalue weighted by molar-refractivity contribution is 6.00. The molecule has 1 aliphatic rings. The highest BCUT2D eigenvalue weighted by atomic mass is 19.4. The van der Waals surface area contributed by atoms with Crippen molar-refractivity contribution >= 4 is 28.3 Å². The summed E-state index contributed by atoms with van der Waals surface area (Å²) in [4.78, 5) is 39.7. The lowest BCUT2D eigenvalue weighted by atomic mass is 9.91. The summed E-state index contributed by atoms with van der Waals surface area (Å²) < 4.78 is 77.9. The van der Waals surface area contributed by atoms with Crippen LogP contribution in [0.3, 0.4) is 0 Å². The van der Waals surface area contributed by atoms with Gasteiger partial charge in [0, 0.05) is 38.4 Å². The molecule has 1 atom stereocenters. The summed E-state index contributed by atoms with van der Waals surface area (Å²) in [6.45, 7) is 1.53. The number of carbonyl (C=O) groups is 2. The molecule has 0 spiro atoms. The molecule has 4 aromatic rings. The number of aromatic nitrogens is 1. The number of amides is 1. The van der Waals surface area contributed by atoms with Crippen LogP contribution < -0.4 is 15.8 Å². The van der Waals surface area contributed by atoms with E-state index in [1.54, 1.807) is 11.0 Å². The fraction of sp³-hybridized carbons (Fsp3) is 0.258. The van der Waals surface area contributed by atoms with E-state index in [1.165, 1.54) is 37.4 Å². The topological polar surface area (TPSA) is 101 Å². The van der Waals surface area contributed by atoms with Crippen LogP contribution in [-0.4, -0.2) is 53.9 Å². The lowest BCUT2D eigenvalue weighted by Crippen LogP contribution is -2.43. The first-order valence-electron chi connectivity index (χ1n) is 13.5. The van der Waals surface area contributed by atoms with Crippen LogP contribution >= 0.6 is 0 Å². The van der Waals surface area contributed by atoms with Crippen molar-refractivity contribution in [1.29, 1.82) is 0 Å². The fourth-order valence-corrected chi connectivity index (χ4v) is 5.33. The van der Waals surface area contributed by atoms with Crippen LogP contribution in [0, 0.1) is 11.6 Å². The van der Waals surface area contributed by atoms with Crippen molar-refractivity contribution in [2.75, 3.05) is 31.2 Å². The maximum Gasteiger partial charge on any atom is 0.417 e. The number of alkyl halides is 3. The van der Waals surface area contributed by atoms with Gasteiger partial charge in [-0.05, 0) is 40.1 Å². The number of morpholine rings is 1. The van der Waals surface area contributed by atoms with Gasteiger partial charge in [-0.2, -0.15) is 13.2 Å². The Kier molecular flexibility index (Phi) is 8.42. The van der Waals surface area contributed by atoms with Crippen LogP contribution in [0.5, 0.6) is 0 Å². The molecule has 0 bridgehead atoms. The average molecular weight is 616 g/mol. The third-order valence-electron chi connectivity index (χ3n) is 7.51. The van der Waals surface area contributed by atoms with Gasteiger partial charge in [-0.25, -0.2) is 13.6 Å². The molecule has 3 aromatic carbocycles. The average Bonchev–Trinajstić information content (AvgIpc) is 2.97. The maximum atomic E-state index is 15.0. The van der Waals surface area contributed by atoms with Gasteiger partial charge < -0.3 is 24.6 Å². The summed E-state index contributed by atoms with van der Waals surface area (Å²) >= 11 is 0. The van der Waals surface area contributed by atoms with Gasteiger partial charge in [0.25, 0.3) is 11.5 Å². The van der Waals surface area contributed by atoms with E-state index in [1.807, 2.05) is 0 Å². The summed E-state index contributed by atoms with van der Waals surface area (Å²) in [5, 5.41) is 12.6. The van der Waals surface area contributed by atoms with Gasteiger partial charge in [0.15, 0.2) is 0 Å². The lowest BCUT2D eigenvalue weighted by molar-refractivity contribution is -0.139. The number of ether oxygens (including phenoxy) is 1. The van der Waals surface area contributed by atoms with Crippen molar-refractivity contribution in [3.05, 3.63) is 99.5 Å². The van der Waals surface area contributed by atoms with Crippen LogP contribution in [0.4, 0.5) is 27.6 Å². The molecular formula is C31H26F5N3O5. The van der Waals surface area contributed by atoms with Crippen molar-refractivity contribution in [3.63, 3.8) is 0 Å². The van der Waals surface area contributed by atoms with E-state index in [4.69, 9.17) is 4.74 Å². The minimum Gasteiger partial charge on any atom is -0.480 e. The number of carbonyl (C=O) groups excluding carboxylic acids is 1. The molecule has 1 aliphatic heterocycles. The van der Waals surface area contributed by atoms with Crippen molar-refractivity contribution in [3.8, 4) is 11.1 Å². The number of carboxylic acids is 1. The summed E-state index contributed by atoms with van der Waals surface area (Å²) in [7, 11) is 1.32. The number of aryl methyl sites for hydroxylation is 1. The van der Waals surface area contributed by atoms with E-state index in [0.717, 1.165) is 29.0 Å². The molecule has 1 saturated heterocycles. The molecule has 44 heavy (non-hydrogen) atoms. The Morgan fingerprint density at radius 1 is 1.00 bits per heavy atom. The zero-order chi connectivity index (χ0) is 31.8. The number of halogens is 5. The number of hydrogen-bond acceptors (Lipinski definition) is 5. The summed E-state index contributed by atoms with van der Waals surface area (Å²) in [6.07, 6.45) is -4.19. The van der Waals surface area contributed by atoms with E-state index in [2.05, 4.69) is 5.32 Å². The van der Waals surface area contributed by atoms with Crippen molar-refractivity contribution in [2.45, 2.75) is 18.6 Å². The van der Waals surface area contributed by atoms with Gasteiger partial charge >= 0.3 is 12.1 Å². The summed E-state index contributed by atoms with van der Waals surface area (Å²) in [5.74, 6) is -5.14. The summed E-state index contributed by atoms with van der Waals surface area (Å²) in [5.41, 5.74) is -3.02. The first kappa shape index (κ1) is 30.7. The second-order valence-electron chi connectivity index (χ2n) is 10.3. The molecule has 0 aliphatic carbocycles. The maximum absolute atomic E-state index is 15.0. The molecule has 1 aromatic heterocycles. The normalized spacial score (nSPS) is 14.5. The quantitative estimate of drug-likeness (QED) is 0.291. The predicted molar refractivity (Wildman–Crippen MR) is 152 cm³/mol. The van der Waals surface area contributed by atoms with E-state index >= 15 is 0 Å². The Balaban J connectivity index is 1.48. The van der Waals surface area contributed by atoms with Gasteiger partial charge in [0.2, 0.25) is 0 Å². The molecule has 0 saturated carbocycles. The van der Waals surface area contributed by atoms with E-state index in [9.17, 15) is 41.4 Å². The second kappa shape index (κ2) is 12.1. The monoisotopic (exact) mass is 615 g/mol. The molecule has 5 rings (SSSR count). The number of hydrogen-bond donors (Lipinski definition) is 2. The van der Waals surface area contributed by atoms with Crippen molar-refractivity contribution in [1.82, 2.24) is 9.88 Å². The molecule has 1 unspecified atom stereocenters.